The normalized spacial score (nSPS) is 2.57. The van der Waals surface area contributed by atoms with Crippen molar-refractivity contribution in [3.63, 3.8) is 0 Å². The largest absolute Gasteiger partial charge is 0.269 e. The van der Waals surface area contributed by atoms with Gasteiger partial charge in [0.1, 0.15) is 0 Å². The van der Waals surface area contributed by atoms with Crippen molar-refractivity contribution in [1.29, 1.82) is 0 Å². The van der Waals surface area contributed by atoms with E-state index in [0.29, 0.717) is 0 Å². The Balaban J connectivity index is -0.00000000500. The summed E-state index contributed by atoms with van der Waals surface area (Å²) in [6, 6.07) is 0. The van der Waals surface area contributed by atoms with E-state index in [-0.39, 0.29) is 12.1 Å². The van der Waals surface area contributed by atoms with Crippen LogP contribution in [0.15, 0.2) is 0 Å². The summed E-state index contributed by atoms with van der Waals surface area (Å²) in [5.41, 5.74) is 0. The first-order valence-electron chi connectivity index (χ1n) is 6.00. The average Bonchev–Trinajstić information content (AvgIpc) is 2.33. The van der Waals surface area contributed by atoms with Gasteiger partial charge in [-0.3, -0.25) is 4.70 Å². The molecule has 0 rings (SSSR count). The molecule has 0 aromatic carbocycles. The lowest BCUT2D eigenvalue weighted by atomic mass is 11.0. The van der Waals surface area contributed by atoms with Crippen LogP contribution in [0.1, 0.15) is 90.5 Å². The molecule has 14 heavy (non-hydrogen) atoms. The first kappa shape index (κ1) is 66.2. The van der Waals surface area contributed by atoms with Crippen molar-refractivity contribution in [2.24, 2.45) is 0 Å². The van der Waals surface area contributed by atoms with Crippen LogP contribution in [0.25, 0.3) is 0 Å². The molecule has 0 aliphatic heterocycles. The highest BCUT2D eigenvalue weighted by molar-refractivity contribution is 3.51. The Morgan fingerprint density at radius 1 is 0.286 bits per heavy atom. The quantitative estimate of drug-likeness (QED) is 0.411. The second kappa shape index (κ2) is 376000. The fraction of sp³-hybridized carbons (Fsp3) is 1.00. The third-order valence-corrected chi connectivity index (χ3v) is 0. The minimum atomic E-state index is 0. The molecule has 0 atom stereocenters. The van der Waals surface area contributed by atoms with Crippen LogP contribution in [-0.4, -0.2) is 0 Å². The van der Waals surface area contributed by atoms with Gasteiger partial charge in [-0.15, -0.1) is 0 Å². The first-order valence-corrected chi connectivity index (χ1v) is 6.00. The molecule has 0 saturated heterocycles. The Bertz CT molecular complexity index is 5.20. The molecule has 0 fully saturated rings. The maximum absolute atomic E-state index is 2.00. The lowest BCUT2D eigenvalue weighted by Gasteiger charge is -1.07. The smallest absolute Gasteiger partial charge is 0.0683 e. The number of rotatable bonds is 0. The van der Waals surface area contributed by atoms with Gasteiger partial charge in [0.2, 0.25) is 0 Å². The Morgan fingerprint density at radius 2 is 0.286 bits per heavy atom. The zero-order valence-corrected chi connectivity index (χ0v) is 12.4. The van der Waals surface area contributed by atoms with E-state index in [4.69, 9.17) is 0 Å². The zero-order chi connectivity index (χ0) is 12.0. The summed E-state index contributed by atoms with van der Waals surface area (Å²) in [5.74, 6) is 0. The molecule has 0 aromatic heterocycles. The van der Waals surface area contributed by atoms with Gasteiger partial charge in [-0.1, -0.05) is 90.5 Å². The highest BCUT2D eigenvalue weighted by atomic mass is 19.0. The first-order chi connectivity index (χ1) is 6.00. The molecular formula is C13H41F. The molecule has 0 unspecified atom stereocenters. The van der Waals surface area contributed by atoms with E-state index in [0.717, 1.165) is 0 Å². The van der Waals surface area contributed by atoms with Crippen molar-refractivity contribution >= 4 is 0 Å². The lowest BCUT2D eigenvalue weighted by molar-refractivity contribution is 1.11. The molecule has 0 spiro atoms. The summed E-state index contributed by atoms with van der Waals surface area (Å²) in [4.78, 5) is 0. The van der Waals surface area contributed by atoms with Crippen molar-refractivity contribution < 1.29 is 4.70 Å². The predicted molar refractivity (Wildman–Crippen MR) is 77.3 cm³/mol. The van der Waals surface area contributed by atoms with Gasteiger partial charge in [0.05, 0.1) is 0 Å². The van der Waals surface area contributed by atoms with E-state index >= 15 is 0 Å². The molecule has 0 amide bonds. The molecule has 0 aromatic rings. The third kappa shape index (κ3) is 291000. The van der Waals surface area contributed by atoms with Gasteiger partial charge in [0.15, 0.2) is 0 Å². The summed E-state index contributed by atoms with van der Waals surface area (Å²) in [6.45, 7) is 24.0. The highest BCUT2D eigenvalue weighted by Crippen LogP contribution is 1.15. The molecule has 0 saturated carbocycles. The maximum atomic E-state index is 2.00. The molecule has 0 nitrogen and oxygen atoms in total. The Morgan fingerprint density at radius 3 is 0.286 bits per heavy atom. The summed E-state index contributed by atoms with van der Waals surface area (Å²) in [5, 5.41) is 0. The SMILES string of the molecule is C.CC.CC.CC.CC.CC.CC.F. The monoisotopic (exact) mass is 216 g/mol. The van der Waals surface area contributed by atoms with Gasteiger partial charge in [-0.2, -0.15) is 0 Å². The van der Waals surface area contributed by atoms with Gasteiger partial charge < -0.3 is 0 Å². The van der Waals surface area contributed by atoms with Crippen LogP contribution < -0.4 is 0 Å². The molecular weight excluding hydrogens is 175 g/mol. The molecule has 0 radical (unpaired) electrons. The van der Waals surface area contributed by atoms with E-state index in [1.807, 2.05) is 83.1 Å². The molecule has 1 heteroatoms. The van der Waals surface area contributed by atoms with E-state index < -0.39 is 0 Å². The summed E-state index contributed by atoms with van der Waals surface area (Å²) in [7, 11) is 0. The van der Waals surface area contributed by atoms with Crippen molar-refractivity contribution in [1.82, 2.24) is 0 Å². The Labute approximate surface area is 95.9 Å². The molecule has 100 valence electrons. The maximum Gasteiger partial charge on any atom is -0.0683 e. The zero-order valence-electron chi connectivity index (χ0n) is 12.4. The topological polar surface area (TPSA) is 0 Å². The third-order valence-electron chi connectivity index (χ3n) is 0. The van der Waals surface area contributed by atoms with Crippen LogP contribution in [0.2, 0.25) is 0 Å². The van der Waals surface area contributed by atoms with E-state index in [1.54, 1.807) is 0 Å². The summed E-state index contributed by atoms with van der Waals surface area (Å²) in [6.07, 6.45) is 0. The Hall–Kier alpha value is -0.0700. The number of halogens is 1. The fourth-order valence-corrected chi connectivity index (χ4v) is 0. The second-order valence-electron chi connectivity index (χ2n) is 0. The average molecular weight is 216 g/mol. The van der Waals surface area contributed by atoms with E-state index in [2.05, 4.69) is 0 Å². The van der Waals surface area contributed by atoms with Crippen molar-refractivity contribution in [3.8, 4) is 0 Å². The van der Waals surface area contributed by atoms with Crippen molar-refractivity contribution in [2.75, 3.05) is 0 Å². The van der Waals surface area contributed by atoms with Gasteiger partial charge in [0, 0.05) is 0 Å². The minimum absolute atomic E-state index is 0. The van der Waals surface area contributed by atoms with Gasteiger partial charge >= 0.3 is 0 Å². The van der Waals surface area contributed by atoms with E-state index in [1.165, 1.54) is 0 Å². The van der Waals surface area contributed by atoms with Crippen LogP contribution in [0.4, 0.5) is 4.70 Å². The fourth-order valence-electron chi connectivity index (χ4n) is 0. The second-order valence-corrected chi connectivity index (χ2v) is 0. The van der Waals surface area contributed by atoms with Gasteiger partial charge in [0.25, 0.3) is 0 Å². The molecule has 0 heterocycles. The van der Waals surface area contributed by atoms with Crippen LogP contribution in [0, 0.1) is 0 Å². The molecule has 0 N–H and O–H groups in total. The van der Waals surface area contributed by atoms with Gasteiger partial charge in [-0.25, -0.2) is 0 Å². The minimum Gasteiger partial charge on any atom is -0.269 e. The molecule has 0 aliphatic rings. The Kier molecular flexibility index (Phi) is 1780000. The lowest BCUT2D eigenvalue weighted by Crippen LogP contribution is -0.856. The van der Waals surface area contributed by atoms with Gasteiger partial charge in [-0.05, 0) is 0 Å². The standard InChI is InChI=1S/6C2H6.CH4.FH/c6*1-2;;/h6*1-2H3;1H4;1H. The van der Waals surface area contributed by atoms with Crippen LogP contribution in [-0.2, 0) is 0 Å². The van der Waals surface area contributed by atoms with Crippen LogP contribution in [0.5, 0.6) is 0 Å². The van der Waals surface area contributed by atoms with Crippen molar-refractivity contribution in [2.45, 2.75) is 90.5 Å². The molecule has 0 aliphatic carbocycles. The molecule has 0 bridgehead atoms. The van der Waals surface area contributed by atoms with Crippen molar-refractivity contribution in [3.05, 3.63) is 0 Å². The van der Waals surface area contributed by atoms with E-state index in [9.17, 15) is 0 Å². The van der Waals surface area contributed by atoms with Crippen LogP contribution >= 0.6 is 0 Å². The number of hydrogen-bond donors (Lipinski definition) is 0. The summed E-state index contributed by atoms with van der Waals surface area (Å²) < 4.78 is 0. The predicted octanol–water partition coefficient (Wildman–Crippen LogP) is 6.95. The number of hydrogen-bond acceptors (Lipinski definition) is 0. The van der Waals surface area contributed by atoms with Crippen LogP contribution in [0.3, 0.4) is 0 Å². The summed E-state index contributed by atoms with van der Waals surface area (Å²) >= 11 is 0. The highest BCUT2D eigenvalue weighted by Gasteiger charge is 0.942.